The van der Waals surface area contributed by atoms with Crippen LogP contribution in [0.1, 0.15) is 30.5 Å². The van der Waals surface area contributed by atoms with Crippen LogP contribution in [0.15, 0.2) is 53.7 Å². The van der Waals surface area contributed by atoms with Gasteiger partial charge in [0.15, 0.2) is 9.84 Å². The van der Waals surface area contributed by atoms with Crippen LogP contribution >= 0.6 is 0 Å². The lowest BCUT2D eigenvalue weighted by molar-refractivity contribution is 0.230. The minimum Gasteiger partial charge on any atom is -0.295 e. The number of hydrogen-bond donors (Lipinski definition) is 0. The lowest BCUT2D eigenvalue weighted by atomic mass is 10.0. The normalized spacial score (nSPS) is 13.3. The number of sulfone groups is 1. The lowest BCUT2D eigenvalue weighted by Gasteiger charge is -2.27. The summed E-state index contributed by atoms with van der Waals surface area (Å²) in [5.74, 6) is 0. The van der Waals surface area contributed by atoms with Crippen molar-refractivity contribution in [3.63, 3.8) is 0 Å². The molecule has 0 aliphatic carbocycles. The van der Waals surface area contributed by atoms with Gasteiger partial charge >= 0.3 is 0 Å². The molecule has 0 N–H and O–H groups in total. The van der Waals surface area contributed by atoms with E-state index in [1.807, 2.05) is 24.4 Å². The van der Waals surface area contributed by atoms with E-state index in [0.717, 1.165) is 18.5 Å². The van der Waals surface area contributed by atoms with E-state index < -0.39 is 9.84 Å². The molecule has 1 heterocycles. The average Bonchev–Trinajstić information content (AvgIpc) is 2.48. The van der Waals surface area contributed by atoms with E-state index in [1.165, 1.54) is 11.8 Å². The van der Waals surface area contributed by atoms with Gasteiger partial charge in [-0.25, -0.2) is 8.42 Å². The molecule has 0 amide bonds. The van der Waals surface area contributed by atoms with Gasteiger partial charge in [0, 0.05) is 31.2 Å². The lowest BCUT2D eigenvalue weighted by Crippen LogP contribution is -2.23. The molecule has 0 bridgehead atoms. The molecule has 118 valence electrons. The molecule has 0 spiro atoms. The van der Waals surface area contributed by atoms with Gasteiger partial charge in [-0.3, -0.25) is 9.88 Å². The van der Waals surface area contributed by atoms with Crippen molar-refractivity contribution in [1.29, 1.82) is 0 Å². The van der Waals surface area contributed by atoms with E-state index in [1.54, 1.807) is 18.3 Å². The highest BCUT2D eigenvalue weighted by Crippen LogP contribution is 2.24. The zero-order chi connectivity index (χ0) is 16.2. The minimum absolute atomic E-state index is 0.295. The second-order valence-corrected chi connectivity index (χ2v) is 7.56. The van der Waals surface area contributed by atoms with Crippen molar-refractivity contribution in [3.05, 3.63) is 59.9 Å². The fourth-order valence-electron chi connectivity index (χ4n) is 2.62. The maximum Gasteiger partial charge on any atom is 0.175 e. The van der Waals surface area contributed by atoms with Gasteiger partial charge in [0.2, 0.25) is 0 Å². The second-order valence-electron chi connectivity index (χ2n) is 5.54. The summed E-state index contributed by atoms with van der Waals surface area (Å²) in [6.45, 7) is 2.92. The van der Waals surface area contributed by atoms with Crippen LogP contribution in [0.2, 0.25) is 0 Å². The largest absolute Gasteiger partial charge is 0.295 e. The molecule has 2 rings (SSSR count). The van der Waals surface area contributed by atoms with Crippen molar-refractivity contribution in [2.45, 2.75) is 30.8 Å². The van der Waals surface area contributed by atoms with Gasteiger partial charge in [0.25, 0.3) is 0 Å². The Balaban J connectivity index is 2.12. The Hall–Kier alpha value is -1.72. The van der Waals surface area contributed by atoms with E-state index in [2.05, 4.69) is 29.9 Å². The maximum atomic E-state index is 11.5. The van der Waals surface area contributed by atoms with Crippen LogP contribution in [0.3, 0.4) is 0 Å². The van der Waals surface area contributed by atoms with Gasteiger partial charge in [0.05, 0.1) is 4.90 Å². The van der Waals surface area contributed by atoms with Crippen molar-refractivity contribution >= 4 is 9.84 Å². The van der Waals surface area contributed by atoms with E-state index in [-0.39, 0.29) is 0 Å². The third-order valence-corrected chi connectivity index (χ3v) is 4.90. The van der Waals surface area contributed by atoms with Crippen molar-refractivity contribution in [2.24, 2.45) is 0 Å². The highest BCUT2D eigenvalue weighted by atomic mass is 32.2. The van der Waals surface area contributed by atoms with Gasteiger partial charge in [-0.05, 0) is 42.8 Å². The van der Waals surface area contributed by atoms with Crippen LogP contribution in [-0.4, -0.2) is 31.6 Å². The van der Waals surface area contributed by atoms with Crippen molar-refractivity contribution in [1.82, 2.24) is 9.88 Å². The number of pyridine rings is 1. The summed E-state index contributed by atoms with van der Waals surface area (Å²) in [5, 5.41) is 0. The van der Waals surface area contributed by atoms with Crippen LogP contribution in [0, 0.1) is 0 Å². The molecular formula is C17H22N2O2S. The first-order chi connectivity index (χ1) is 10.4. The van der Waals surface area contributed by atoms with Crippen LogP contribution in [0.4, 0.5) is 0 Å². The predicted octanol–water partition coefficient (Wildman–Crippen LogP) is 3.07. The summed E-state index contributed by atoms with van der Waals surface area (Å²) in [7, 11) is -1.06. The SMILES string of the molecule is CC[C@@H](c1cccnc1)N(C)Cc1ccc(S(C)(=O)=O)cc1. The zero-order valence-electron chi connectivity index (χ0n) is 13.2. The summed E-state index contributed by atoms with van der Waals surface area (Å²) in [6, 6.07) is 11.4. The van der Waals surface area contributed by atoms with E-state index in [0.29, 0.717) is 10.9 Å². The first kappa shape index (κ1) is 16.6. The third-order valence-electron chi connectivity index (χ3n) is 3.77. The van der Waals surface area contributed by atoms with Gasteiger partial charge in [-0.2, -0.15) is 0 Å². The summed E-state index contributed by atoms with van der Waals surface area (Å²) in [6.07, 6.45) is 5.89. The highest BCUT2D eigenvalue weighted by Gasteiger charge is 2.15. The average molecular weight is 318 g/mol. The first-order valence-electron chi connectivity index (χ1n) is 7.31. The van der Waals surface area contributed by atoms with E-state index >= 15 is 0 Å². The molecule has 1 aromatic carbocycles. The number of benzene rings is 1. The predicted molar refractivity (Wildman–Crippen MR) is 88.3 cm³/mol. The first-order valence-corrected chi connectivity index (χ1v) is 9.20. The molecule has 0 saturated carbocycles. The molecule has 0 unspecified atom stereocenters. The Kier molecular flexibility index (Phi) is 5.32. The number of rotatable bonds is 6. The molecule has 0 radical (unpaired) electrons. The minimum atomic E-state index is -3.13. The molecule has 2 aromatic rings. The highest BCUT2D eigenvalue weighted by molar-refractivity contribution is 7.90. The summed E-state index contributed by atoms with van der Waals surface area (Å²) >= 11 is 0. The van der Waals surface area contributed by atoms with Crippen molar-refractivity contribution < 1.29 is 8.42 Å². The molecule has 4 nitrogen and oxygen atoms in total. The molecule has 1 aromatic heterocycles. The summed E-state index contributed by atoms with van der Waals surface area (Å²) in [5.41, 5.74) is 2.29. The topological polar surface area (TPSA) is 50.3 Å². The number of nitrogens with zero attached hydrogens (tertiary/aromatic N) is 2. The molecule has 0 aliphatic heterocycles. The molecule has 0 fully saturated rings. The molecule has 0 aliphatic rings. The fraction of sp³-hybridized carbons (Fsp3) is 0.353. The van der Waals surface area contributed by atoms with E-state index in [9.17, 15) is 8.42 Å². The standard InChI is InChI=1S/C17H22N2O2S/c1-4-17(15-6-5-11-18-12-15)19(2)13-14-7-9-16(10-8-14)22(3,20)21/h5-12,17H,4,13H2,1-3H3/t17-/m0/s1. The van der Waals surface area contributed by atoms with E-state index in [4.69, 9.17) is 0 Å². The quantitative estimate of drug-likeness (QED) is 0.821. The van der Waals surface area contributed by atoms with Gasteiger partial charge < -0.3 is 0 Å². The van der Waals surface area contributed by atoms with Crippen LogP contribution in [0.25, 0.3) is 0 Å². The summed E-state index contributed by atoms with van der Waals surface area (Å²) in [4.78, 5) is 6.80. The second kappa shape index (κ2) is 7.03. The molecular weight excluding hydrogens is 296 g/mol. The zero-order valence-corrected chi connectivity index (χ0v) is 14.0. The fourth-order valence-corrected chi connectivity index (χ4v) is 3.25. The van der Waals surface area contributed by atoms with Crippen LogP contribution < -0.4 is 0 Å². The monoisotopic (exact) mass is 318 g/mol. The third kappa shape index (κ3) is 4.15. The molecule has 22 heavy (non-hydrogen) atoms. The molecule has 5 heteroatoms. The van der Waals surface area contributed by atoms with Crippen molar-refractivity contribution in [2.75, 3.05) is 13.3 Å². The van der Waals surface area contributed by atoms with Crippen molar-refractivity contribution in [3.8, 4) is 0 Å². The Labute approximate surface area is 132 Å². The van der Waals surface area contributed by atoms with Crippen LogP contribution in [-0.2, 0) is 16.4 Å². The van der Waals surface area contributed by atoms with Gasteiger partial charge in [0.1, 0.15) is 0 Å². The summed E-state index contributed by atoms with van der Waals surface area (Å²) < 4.78 is 23.0. The maximum absolute atomic E-state index is 11.5. The molecule has 0 saturated heterocycles. The van der Waals surface area contributed by atoms with Gasteiger partial charge in [-0.15, -0.1) is 0 Å². The number of hydrogen-bond acceptors (Lipinski definition) is 4. The Morgan fingerprint density at radius 1 is 1.18 bits per heavy atom. The van der Waals surface area contributed by atoms with Crippen LogP contribution in [0.5, 0.6) is 0 Å². The number of aromatic nitrogens is 1. The smallest absolute Gasteiger partial charge is 0.175 e. The Bertz CT molecular complexity index is 697. The Morgan fingerprint density at radius 3 is 2.36 bits per heavy atom. The Morgan fingerprint density at radius 2 is 1.86 bits per heavy atom. The molecule has 1 atom stereocenters. The van der Waals surface area contributed by atoms with Gasteiger partial charge in [-0.1, -0.05) is 25.1 Å².